The molecular formula is C19H21ClN2O. The Balaban J connectivity index is 1.97. The number of carbonyl (C=O) groups excluding carboxylic acids is 1. The van der Waals surface area contributed by atoms with Gasteiger partial charge in [0.2, 0.25) is 0 Å². The number of carbonyl (C=O) groups is 1. The second kappa shape index (κ2) is 8.39. The summed E-state index contributed by atoms with van der Waals surface area (Å²) >= 11 is 5.85. The summed E-state index contributed by atoms with van der Waals surface area (Å²) in [5.41, 5.74) is 2.09. The van der Waals surface area contributed by atoms with Crippen molar-refractivity contribution in [1.29, 1.82) is 0 Å². The SMILES string of the molecule is CC(C)N(Cc1ccccc1)C(=O)N/C=C/c1ccc(Cl)cc1. The Morgan fingerprint density at radius 1 is 1.13 bits per heavy atom. The zero-order valence-electron chi connectivity index (χ0n) is 13.4. The highest BCUT2D eigenvalue weighted by Gasteiger charge is 2.15. The molecule has 0 saturated heterocycles. The number of amides is 2. The van der Waals surface area contributed by atoms with Crippen LogP contribution in [0, 0.1) is 0 Å². The molecule has 0 fully saturated rings. The first-order chi connectivity index (χ1) is 11.1. The van der Waals surface area contributed by atoms with Crippen LogP contribution < -0.4 is 5.32 Å². The molecule has 0 aliphatic rings. The van der Waals surface area contributed by atoms with Crippen molar-refractivity contribution in [1.82, 2.24) is 10.2 Å². The molecule has 4 heteroatoms. The van der Waals surface area contributed by atoms with Crippen LogP contribution in [0.5, 0.6) is 0 Å². The molecule has 0 aliphatic heterocycles. The number of urea groups is 1. The molecule has 0 aliphatic carbocycles. The number of hydrogen-bond acceptors (Lipinski definition) is 1. The van der Waals surface area contributed by atoms with Gasteiger partial charge in [-0.15, -0.1) is 0 Å². The fourth-order valence-electron chi connectivity index (χ4n) is 2.13. The first kappa shape index (κ1) is 17.1. The third-order valence-electron chi connectivity index (χ3n) is 3.43. The van der Waals surface area contributed by atoms with Gasteiger partial charge in [-0.05, 0) is 43.2 Å². The minimum absolute atomic E-state index is 0.110. The van der Waals surface area contributed by atoms with E-state index >= 15 is 0 Å². The molecule has 2 aromatic carbocycles. The average Bonchev–Trinajstić information content (AvgIpc) is 2.55. The quantitative estimate of drug-likeness (QED) is 0.829. The minimum atomic E-state index is -0.117. The number of rotatable bonds is 5. The fourth-order valence-corrected chi connectivity index (χ4v) is 2.26. The van der Waals surface area contributed by atoms with Gasteiger partial charge in [-0.25, -0.2) is 4.79 Å². The summed E-state index contributed by atoms with van der Waals surface area (Å²) in [4.78, 5) is 14.2. The first-order valence-electron chi connectivity index (χ1n) is 7.59. The van der Waals surface area contributed by atoms with E-state index in [1.54, 1.807) is 11.1 Å². The molecule has 0 radical (unpaired) electrons. The van der Waals surface area contributed by atoms with Crippen molar-refractivity contribution >= 4 is 23.7 Å². The molecule has 2 aromatic rings. The zero-order valence-corrected chi connectivity index (χ0v) is 14.1. The highest BCUT2D eigenvalue weighted by Crippen LogP contribution is 2.11. The van der Waals surface area contributed by atoms with Gasteiger partial charge in [-0.2, -0.15) is 0 Å². The third kappa shape index (κ3) is 5.46. The molecular weight excluding hydrogens is 308 g/mol. The lowest BCUT2D eigenvalue weighted by atomic mass is 10.2. The van der Waals surface area contributed by atoms with Crippen LogP contribution in [0.2, 0.25) is 5.02 Å². The summed E-state index contributed by atoms with van der Waals surface area (Å²) in [5, 5.41) is 3.52. The summed E-state index contributed by atoms with van der Waals surface area (Å²) in [6.07, 6.45) is 3.50. The van der Waals surface area contributed by atoms with Crippen LogP contribution in [0.1, 0.15) is 25.0 Å². The van der Waals surface area contributed by atoms with Crippen molar-refractivity contribution in [3.63, 3.8) is 0 Å². The lowest BCUT2D eigenvalue weighted by Gasteiger charge is -2.26. The molecule has 0 heterocycles. The van der Waals surface area contributed by atoms with E-state index in [9.17, 15) is 4.79 Å². The van der Waals surface area contributed by atoms with Crippen molar-refractivity contribution in [2.45, 2.75) is 26.4 Å². The monoisotopic (exact) mass is 328 g/mol. The van der Waals surface area contributed by atoms with E-state index in [4.69, 9.17) is 11.6 Å². The Morgan fingerprint density at radius 3 is 2.39 bits per heavy atom. The molecule has 1 N–H and O–H groups in total. The van der Waals surface area contributed by atoms with Crippen molar-refractivity contribution in [3.8, 4) is 0 Å². The van der Waals surface area contributed by atoms with Crippen LogP contribution in [-0.2, 0) is 6.54 Å². The van der Waals surface area contributed by atoms with Gasteiger partial charge in [0, 0.05) is 23.8 Å². The fraction of sp³-hybridized carbons (Fsp3) is 0.211. The minimum Gasteiger partial charge on any atom is -0.318 e. The summed E-state index contributed by atoms with van der Waals surface area (Å²) in [5.74, 6) is 0. The number of nitrogens with one attached hydrogen (secondary N) is 1. The van der Waals surface area contributed by atoms with Crippen molar-refractivity contribution in [2.75, 3.05) is 0 Å². The maximum Gasteiger partial charge on any atom is 0.321 e. The Morgan fingerprint density at radius 2 is 1.78 bits per heavy atom. The summed E-state index contributed by atoms with van der Waals surface area (Å²) in [6, 6.07) is 17.4. The van der Waals surface area contributed by atoms with Crippen LogP contribution in [-0.4, -0.2) is 17.0 Å². The average molecular weight is 329 g/mol. The number of hydrogen-bond donors (Lipinski definition) is 1. The molecule has 2 amide bonds. The summed E-state index contributed by atoms with van der Waals surface area (Å²) in [7, 11) is 0. The topological polar surface area (TPSA) is 32.3 Å². The van der Waals surface area contributed by atoms with E-state index in [0.29, 0.717) is 11.6 Å². The highest BCUT2D eigenvalue weighted by atomic mass is 35.5. The van der Waals surface area contributed by atoms with E-state index in [1.165, 1.54) is 0 Å². The molecule has 2 rings (SSSR count). The third-order valence-corrected chi connectivity index (χ3v) is 3.68. The predicted molar refractivity (Wildman–Crippen MR) is 96.1 cm³/mol. The lowest BCUT2D eigenvalue weighted by molar-refractivity contribution is 0.183. The molecule has 120 valence electrons. The molecule has 3 nitrogen and oxygen atoms in total. The van der Waals surface area contributed by atoms with Crippen LogP contribution in [0.15, 0.2) is 60.8 Å². The Labute approximate surface area is 142 Å². The van der Waals surface area contributed by atoms with Crippen LogP contribution in [0.4, 0.5) is 4.79 Å². The molecule has 0 bridgehead atoms. The van der Waals surface area contributed by atoms with Gasteiger partial charge < -0.3 is 10.2 Å². The smallest absolute Gasteiger partial charge is 0.318 e. The van der Waals surface area contributed by atoms with Crippen LogP contribution in [0.25, 0.3) is 6.08 Å². The van der Waals surface area contributed by atoms with E-state index < -0.39 is 0 Å². The van der Waals surface area contributed by atoms with E-state index in [0.717, 1.165) is 11.1 Å². The van der Waals surface area contributed by atoms with Crippen LogP contribution in [0.3, 0.4) is 0 Å². The first-order valence-corrected chi connectivity index (χ1v) is 7.97. The Bertz CT molecular complexity index is 651. The van der Waals surface area contributed by atoms with Crippen molar-refractivity contribution in [2.24, 2.45) is 0 Å². The summed E-state index contributed by atoms with van der Waals surface area (Å²) < 4.78 is 0. The second-order valence-corrected chi connectivity index (χ2v) is 5.98. The van der Waals surface area contributed by atoms with E-state index in [-0.39, 0.29) is 12.1 Å². The molecule has 0 unspecified atom stereocenters. The normalized spacial score (nSPS) is 11.0. The number of halogens is 1. The number of benzene rings is 2. The Hall–Kier alpha value is -2.26. The molecule has 0 atom stereocenters. The van der Waals surface area contributed by atoms with Gasteiger partial charge in [0.05, 0.1) is 0 Å². The molecule has 0 saturated carbocycles. The Kier molecular flexibility index (Phi) is 6.24. The molecule has 23 heavy (non-hydrogen) atoms. The van der Waals surface area contributed by atoms with Gasteiger partial charge >= 0.3 is 6.03 Å². The van der Waals surface area contributed by atoms with Gasteiger partial charge in [-0.3, -0.25) is 0 Å². The lowest BCUT2D eigenvalue weighted by Crippen LogP contribution is -2.41. The van der Waals surface area contributed by atoms with Crippen molar-refractivity contribution in [3.05, 3.63) is 76.9 Å². The maximum absolute atomic E-state index is 12.4. The zero-order chi connectivity index (χ0) is 16.7. The van der Waals surface area contributed by atoms with E-state index in [1.807, 2.05) is 74.5 Å². The predicted octanol–water partition coefficient (Wildman–Crippen LogP) is 4.93. The van der Waals surface area contributed by atoms with E-state index in [2.05, 4.69) is 5.32 Å². The standard InChI is InChI=1S/C19H21ClN2O/c1-15(2)22(14-17-6-4-3-5-7-17)19(23)21-13-12-16-8-10-18(20)11-9-16/h3-13,15H,14H2,1-2H3,(H,21,23)/b13-12+. The molecule has 0 spiro atoms. The number of nitrogens with zero attached hydrogens (tertiary/aromatic N) is 1. The highest BCUT2D eigenvalue weighted by molar-refractivity contribution is 6.30. The van der Waals surface area contributed by atoms with Gasteiger partial charge in [0.25, 0.3) is 0 Å². The second-order valence-electron chi connectivity index (χ2n) is 5.54. The largest absolute Gasteiger partial charge is 0.321 e. The van der Waals surface area contributed by atoms with Gasteiger partial charge in [-0.1, -0.05) is 54.1 Å². The van der Waals surface area contributed by atoms with Crippen LogP contribution >= 0.6 is 11.6 Å². The maximum atomic E-state index is 12.4. The molecule has 0 aromatic heterocycles. The van der Waals surface area contributed by atoms with Gasteiger partial charge in [0.15, 0.2) is 0 Å². The van der Waals surface area contributed by atoms with Gasteiger partial charge in [0.1, 0.15) is 0 Å². The van der Waals surface area contributed by atoms with Crippen molar-refractivity contribution < 1.29 is 4.79 Å². The summed E-state index contributed by atoms with van der Waals surface area (Å²) in [6.45, 7) is 4.59.